The van der Waals surface area contributed by atoms with Gasteiger partial charge in [-0.05, 0) is 19.1 Å². The third-order valence-electron chi connectivity index (χ3n) is 3.33. The van der Waals surface area contributed by atoms with Gasteiger partial charge in [0.1, 0.15) is 11.5 Å². The second kappa shape index (κ2) is 7.58. The van der Waals surface area contributed by atoms with Gasteiger partial charge in [-0.1, -0.05) is 6.07 Å². The molecule has 1 aromatic heterocycles. The third kappa shape index (κ3) is 4.41. The van der Waals surface area contributed by atoms with Crippen molar-refractivity contribution >= 4 is 27.6 Å². The van der Waals surface area contributed by atoms with Gasteiger partial charge in [0, 0.05) is 31.9 Å². The van der Waals surface area contributed by atoms with Crippen LogP contribution in [-0.2, 0) is 14.8 Å². The van der Waals surface area contributed by atoms with E-state index in [2.05, 4.69) is 5.32 Å². The molecule has 2 rings (SSSR count). The number of nitrogens with zero attached hydrogens (tertiary/aromatic N) is 1. The van der Waals surface area contributed by atoms with Crippen molar-refractivity contribution in [3.8, 4) is 5.75 Å². The number of anilines is 1. The van der Waals surface area contributed by atoms with Gasteiger partial charge in [-0.15, -0.1) is 0 Å². The van der Waals surface area contributed by atoms with Gasteiger partial charge in [-0.2, -0.15) is 0 Å². The average Bonchev–Trinajstić information content (AvgIpc) is 2.96. The number of carbonyl (C=O) groups excluding carboxylic acids is 1. The maximum absolute atomic E-state index is 12.4. The van der Waals surface area contributed by atoms with Crippen LogP contribution in [0.4, 0.5) is 5.69 Å². The lowest BCUT2D eigenvalue weighted by Crippen LogP contribution is -2.21. The van der Waals surface area contributed by atoms with Crippen LogP contribution in [0.2, 0.25) is 0 Å². The first-order chi connectivity index (χ1) is 12.1. The predicted molar refractivity (Wildman–Crippen MR) is 91.8 cm³/mol. The number of ether oxygens (including phenoxy) is 1. The summed E-state index contributed by atoms with van der Waals surface area (Å²) in [5, 5.41) is 10.9. The number of rotatable bonds is 7. The molecule has 9 nitrogen and oxygen atoms in total. The summed E-state index contributed by atoms with van der Waals surface area (Å²) in [6.07, 6.45) is 0. The van der Waals surface area contributed by atoms with E-state index < -0.39 is 28.5 Å². The molecule has 0 radical (unpaired) electrons. The number of hydrogen-bond donors (Lipinski definition) is 2. The van der Waals surface area contributed by atoms with Crippen molar-refractivity contribution in [2.75, 3.05) is 26.0 Å². The van der Waals surface area contributed by atoms with Crippen molar-refractivity contribution in [1.82, 2.24) is 4.31 Å². The lowest BCUT2D eigenvalue weighted by Gasteiger charge is -2.07. The number of aryl methyl sites for hydroxylation is 1. The summed E-state index contributed by atoms with van der Waals surface area (Å²) in [5.74, 6) is -1.27. The van der Waals surface area contributed by atoms with Crippen LogP contribution in [0.25, 0.3) is 0 Å². The molecular weight excluding hydrogens is 364 g/mol. The number of nitrogens with one attached hydrogen (secondary N) is 1. The molecule has 1 amide bonds. The molecule has 2 aromatic rings. The molecule has 0 aliphatic rings. The first-order valence-corrected chi connectivity index (χ1v) is 8.84. The molecule has 0 saturated carbocycles. The first-order valence-electron chi connectivity index (χ1n) is 7.40. The van der Waals surface area contributed by atoms with Gasteiger partial charge in [-0.3, -0.25) is 4.79 Å². The maximum Gasteiger partial charge on any atom is 0.341 e. The number of aliphatic carboxylic acids is 1. The first kappa shape index (κ1) is 19.5. The van der Waals surface area contributed by atoms with Crippen LogP contribution in [0, 0.1) is 6.92 Å². The van der Waals surface area contributed by atoms with Crippen molar-refractivity contribution in [3.63, 3.8) is 0 Å². The average molecular weight is 382 g/mol. The van der Waals surface area contributed by atoms with E-state index in [0.29, 0.717) is 5.69 Å². The van der Waals surface area contributed by atoms with Crippen LogP contribution < -0.4 is 10.1 Å². The number of carboxylic acid groups (broad SMARTS) is 1. The molecule has 26 heavy (non-hydrogen) atoms. The Kier molecular flexibility index (Phi) is 5.68. The Balaban J connectivity index is 2.20. The van der Waals surface area contributed by atoms with E-state index in [-0.39, 0.29) is 22.2 Å². The zero-order valence-electron chi connectivity index (χ0n) is 14.3. The van der Waals surface area contributed by atoms with Crippen LogP contribution in [0.1, 0.15) is 16.1 Å². The van der Waals surface area contributed by atoms with Crippen molar-refractivity contribution < 1.29 is 32.3 Å². The summed E-state index contributed by atoms with van der Waals surface area (Å²) in [6, 6.07) is 7.32. The molecule has 0 saturated heterocycles. The predicted octanol–water partition coefficient (Wildman–Crippen LogP) is 1.55. The minimum Gasteiger partial charge on any atom is -0.482 e. The quantitative estimate of drug-likeness (QED) is 0.744. The molecular formula is C16H18N2O7S. The van der Waals surface area contributed by atoms with Crippen LogP contribution >= 0.6 is 0 Å². The smallest absolute Gasteiger partial charge is 0.341 e. The molecule has 2 N–H and O–H groups in total. The SMILES string of the molecule is Cc1oc(S(=O)(=O)N(C)C)cc1C(=O)Nc1cccc(OCC(=O)O)c1. The fraction of sp³-hybridized carbons (Fsp3) is 0.250. The van der Waals surface area contributed by atoms with E-state index >= 15 is 0 Å². The van der Waals surface area contributed by atoms with Crippen LogP contribution in [-0.4, -0.2) is 50.4 Å². The zero-order valence-corrected chi connectivity index (χ0v) is 15.2. The van der Waals surface area contributed by atoms with Crippen molar-refractivity contribution in [3.05, 3.63) is 41.7 Å². The molecule has 0 fully saturated rings. The standard InChI is InChI=1S/C16H18N2O7S/c1-10-13(8-15(25-10)26(22,23)18(2)3)16(21)17-11-5-4-6-12(7-11)24-9-14(19)20/h4-8H,9H2,1-3H3,(H,17,21)(H,19,20). The van der Waals surface area contributed by atoms with Crippen LogP contribution in [0.3, 0.4) is 0 Å². The summed E-state index contributed by atoms with van der Waals surface area (Å²) in [4.78, 5) is 22.9. The molecule has 0 atom stereocenters. The fourth-order valence-corrected chi connectivity index (χ4v) is 2.85. The lowest BCUT2D eigenvalue weighted by molar-refractivity contribution is -0.139. The Labute approximate surface area is 150 Å². The number of amides is 1. The normalized spacial score (nSPS) is 11.4. The van der Waals surface area contributed by atoms with E-state index in [0.717, 1.165) is 10.4 Å². The molecule has 1 aromatic carbocycles. The van der Waals surface area contributed by atoms with Crippen LogP contribution in [0.15, 0.2) is 39.8 Å². The highest BCUT2D eigenvalue weighted by Gasteiger charge is 2.25. The minimum atomic E-state index is -3.80. The van der Waals surface area contributed by atoms with Gasteiger partial charge < -0.3 is 19.6 Å². The van der Waals surface area contributed by atoms with Gasteiger partial charge in [0.2, 0.25) is 5.09 Å². The molecule has 0 spiro atoms. The Morgan fingerprint density at radius 1 is 1.27 bits per heavy atom. The Bertz CT molecular complexity index is 932. The van der Waals surface area contributed by atoms with E-state index in [9.17, 15) is 18.0 Å². The summed E-state index contributed by atoms with van der Waals surface area (Å²) >= 11 is 0. The molecule has 140 valence electrons. The monoisotopic (exact) mass is 382 g/mol. The second-order valence-corrected chi connectivity index (χ2v) is 7.57. The number of hydrogen-bond acceptors (Lipinski definition) is 6. The molecule has 1 heterocycles. The Morgan fingerprint density at radius 3 is 2.58 bits per heavy atom. The highest BCUT2D eigenvalue weighted by molar-refractivity contribution is 7.88. The lowest BCUT2D eigenvalue weighted by atomic mass is 10.2. The van der Waals surface area contributed by atoms with Crippen molar-refractivity contribution in [1.29, 1.82) is 0 Å². The van der Waals surface area contributed by atoms with E-state index in [4.69, 9.17) is 14.3 Å². The number of benzene rings is 1. The maximum atomic E-state index is 12.4. The van der Waals surface area contributed by atoms with Gasteiger partial charge in [0.15, 0.2) is 6.61 Å². The number of sulfonamides is 1. The topological polar surface area (TPSA) is 126 Å². The number of carboxylic acids is 1. The van der Waals surface area contributed by atoms with Gasteiger partial charge in [0.25, 0.3) is 15.9 Å². The number of carbonyl (C=O) groups is 2. The summed E-state index contributed by atoms with van der Waals surface area (Å²) in [6.45, 7) is 0.972. The Hall–Kier alpha value is -2.85. The van der Waals surface area contributed by atoms with Gasteiger partial charge in [-0.25, -0.2) is 17.5 Å². The Morgan fingerprint density at radius 2 is 1.96 bits per heavy atom. The fourth-order valence-electron chi connectivity index (χ4n) is 1.99. The van der Waals surface area contributed by atoms with E-state index in [1.165, 1.54) is 27.1 Å². The molecule has 0 aliphatic carbocycles. The molecule has 0 aliphatic heterocycles. The number of furan rings is 1. The third-order valence-corrected chi connectivity index (χ3v) is 5.00. The van der Waals surface area contributed by atoms with Crippen LogP contribution in [0.5, 0.6) is 5.75 Å². The second-order valence-electron chi connectivity index (χ2n) is 5.49. The van der Waals surface area contributed by atoms with Crippen molar-refractivity contribution in [2.24, 2.45) is 0 Å². The molecule has 0 bridgehead atoms. The molecule has 0 unspecified atom stereocenters. The van der Waals surface area contributed by atoms with Gasteiger partial charge >= 0.3 is 5.97 Å². The summed E-state index contributed by atoms with van der Waals surface area (Å²) in [7, 11) is -1.08. The van der Waals surface area contributed by atoms with E-state index in [1.807, 2.05) is 0 Å². The van der Waals surface area contributed by atoms with Crippen molar-refractivity contribution in [2.45, 2.75) is 12.0 Å². The van der Waals surface area contributed by atoms with Gasteiger partial charge in [0.05, 0.1) is 5.56 Å². The molecule has 10 heteroatoms. The zero-order chi connectivity index (χ0) is 19.5. The largest absolute Gasteiger partial charge is 0.482 e. The summed E-state index contributed by atoms with van der Waals surface area (Å²) in [5.41, 5.74) is 0.429. The highest BCUT2D eigenvalue weighted by Crippen LogP contribution is 2.23. The van der Waals surface area contributed by atoms with E-state index in [1.54, 1.807) is 18.2 Å². The minimum absolute atomic E-state index is 0.0716. The summed E-state index contributed by atoms with van der Waals surface area (Å²) < 4.78 is 35.4. The highest BCUT2D eigenvalue weighted by atomic mass is 32.2.